The molecule has 0 radical (unpaired) electrons. The van der Waals surface area contributed by atoms with Crippen LogP contribution in [-0.2, 0) is 41.4 Å². The first kappa shape index (κ1) is 22.2. The van der Waals surface area contributed by atoms with E-state index in [1.165, 1.54) is 11.2 Å². The Balaban J connectivity index is 1.67. The zero-order valence-electron chi connectivity index (χ0n) is 18.9. The van der Waals surface area contributed by atoms with Crippen LogP contribution in [0.3, 0.4) is 0 Å². The van der Waals surface area contributed by atoms with Crippen LogP contribution in [-0.4, -0.2) is 35.0 Å². The standard InChI is InChI=1S/C24H28N4O3S/c1-17-10-11-24(18(2)14-17)32(30,31)27-13-12-23-21(15-27)22(25-26(23)4)16-28(19(3)29)20-8-6-5-7-9-20/h5-11,14H,12-13,15-16H2,1-4H3. The second-order valence-electron chi connectivity index (χ2n) is 8.29. The molecule has 0 N–H and O–H groups in total. The number of rotatable bonds is 5. The number of benzene rings is 2. The minimum atomic E-state index is -3.64. The van der Waals surface area contributed by atoms with E-state index in [2.05, 4.69) is 5.10 Å². The zero-order valence-corrected chi connectivity index (χ0v) is 19.7. The van der Waals surface area contributed by atoms with Gasteiger partial charge in [0.1, 0.15) is 0 Å². The van der Waals surface area contributed by atoms with Crippen molar-refractivity contribution in [3.63, 3.8) is 0 Å². The number of hydrogen-bond acceptors (Lipinski definition) is 4. The number of amides is 1. The van der Waals surface area contributed by atoms with Gasteiger partial charge in [-0.3, -0.25) is 9.48 Å². The first-order valence-electron chi connectivity index (χ1n) is 10.6. The monoisotopic (exact) mass is 452 g/mol. The van der Waals surface area contributed by atoms with Crippen LogP contribution in [0.2, 0.25) is 0 Å². The van der Waals surface area contributed by atoms with Gasteiger partial charge in [-0.2, -0.15) is 9.40 Å². The molecule has 1 aliphatic heterocycles. The van der Waals surface area contributed by atoms with Gasteiger partial charge >= 0.3 is 0 Å². The van der Waals surface area contributed by atoms with Crippen LogP contribution in [0.5, 0.6) is 0 Å². The molecule has 32 heavy (non-hydrogen) atoms. The van der Waals surface area contributed by atoms with Crippen LogP contribution in [0.25, 0.3) is 0 Å². The predicted octanol–water partition coefficient (Wildman–Crippen LogP) is 3.34. The van der Waals surface area contributed by atoms with E-state index in [1.807, 2.05) is 68.0 Å². The fourth-order valence-corrected chi connectivity index (χ4v) is 5.96. The smallest absolute Gasteiger partial charge is 0.243 e. The van der Waals surface area contributed by atoms with Gasteiger partial charge in [0.05, 0.1) is 17.1 Å². The van der Waals surface area contributed by atoms with Crippen molar-refractivity contribution >= 4 is 21.6 Å². The number of hydrogen-bond donors (Lipinski definition) is 0. The van der Waals surface area contributed by atoms with Crippen molar-refractivity contribution in [2.24, 2.45) is 7.05 Å². The molecule has 0 bridgehead atoms. The summed E-state index contributed by atoms with van der Waals surface area (Å²) < 4.78 is 30.2. The van der Waals surface area contributed by atoms with Gasteiger partial charge in [0, 0.05) is 50.4 Å². The Bertz CT molecular complexity index is 1270. The minimum Gasteiger partial charge on any atom is -0.307 e. The molecule has 2 aromatic carbocycles. The lowest BCUT2D eigenvalue weighted by molar-refractivity contribution is -0.116. The predicted molar refractivity (Wildman–Crippen MR) is 124 cm³/mol. The number of carbonyl (C=O) groups is 1. The highest BCUT2D eigenvalue weighted by molar-refractivity contribution is 7.89. The van der Waals surface area contributed by atoms with Crippen LogP contribution in [0.15, 0.2) is 53.4 Å². The van der Waals surface area contributed by atoms with E-state index >= 15 is 0 Å². The third-order valence-electron chi connectivity index (χ3n) is 5.99. The van der Waals surface area contributed by atoms with Gasteiger partial charge in [0.2, 0.25) is 15.9 Å². The molecule has 2 heterocycles. The van der Waals surface area contributed by atoms with Crippen LogP contribution in [0.4, 0.5) is 5.69 Å². The maximum Gasteiger partial charge on any atom is 0.243 e. The summed E-state index contributed by atoms with van der Waals surface area (Å²) in [4.78, 5) is 14.4. The molecule has 7 nitrogen and oxygen atoms in total. The van der Waals surface area contributed by atoms with E-state index in [0.717, 1.165) is 33.8 Å². The summed E-state index contributed by atoms with van der Waals surface area (Å²) >= 11 is 0. The van der Waals surface area contributed by atoms with Gasteiger partial charge in [-0.25, -0.2) is 8.42 Å². The molecule has 8 heteroatoms. The molecule has 4 rings (SSSR count). The van der Waals surface area contributed by atoms with E-state index in [9.17, 15) is 13.2 Å². The molecular weight excluding hydrogens is 424 g/mol. The molecule has 168 valence electrons. The number of para-hydroxylation sites is 1. The third kappa shape index (κ3) is 4.08. The Morgan fingerprint density at radius 3 is 2.50 bits per heavy atom. The highest BCUT2D eigenvalue weighted by Crippen LogP contribution is 2.30. The van der Waals surface area contributed by atoms with Crippen LogP contribution >= 0.6 is 0 Å². The first-order chi connectivity index (χ1) is 15.2. The van der Waals surface area contributed by atoms with E-state index < -0.39 is 10.0 Å². The van der Waals surface area contributed by atoms with Crippen molar-refractivity contribution in [3.8, 4) is 0 Å². The molecular formula is C24H28N4O3S. The van der Waals surface area contributed by atoms with E-state index in [1.54, 1.807) is 11.0 Å². The normalized spacial score (nSPS) is 14.2. The molecule has 0 spiro atoms. The Kier molecular flexibility index (Phi) is 5.92. The summed E-state index contributed by atoms with van der Waals surface area (Å²) in [7, 11) is -1.77. The SMILES string of the molecule is CC(=O)N(Cc1nn(C)c2c1CN(S(=O)(=O)c1ccc(C)cc1C)CC2)c1ccccc1. The highest BCUT2D eigenvalue weighted by Gasteiger charge is 2.33. The topological polar surface area (TPSA) is 75.5 Å². The summed E-state index contributed by atoms with van der Waals surface area (Å²) in [5.74, 6) is -0.0915. The first-order valence-corrected chi connectivity index (χ1v) is 12.1. The average molecular weight is 453 g/mol. The van der Waals surface area contributed by atoms with Crippen LogP contribution in [0.1, 0.15) is 35.0 Å². The average Bonchev–Trinajstić information content (AvgIpc) is 3.07. The van der Waals surface area contributed by atoms with Gasteiger partial charge in [-0.1, -0.05) is 35.9 Å². The van der Waals surface area contributed by atoms with Crippen LogP contribution in [0, 0.1) is 13.8 Å². The third-order valence-corrected chi connectivity index (χ3v) is 8.00. The summed E-state index contributed by atoms with van der Waals surface area (Å²) in [6.07, 6.45) is 0.578. The molecule has 0 atom stereocenters. The van der Waals surface area contributed by atoms with Crippen molar-refractivity contribution in [2.75, 3.05) is 11.4 Å². The van der Waals surface area contributed by atoms with Gasteiger partial charge in [-0.15, -0.1) is 0 Å². The quantitative estimate of drug-likeness (QED) is 0.595. The number of aryl methyl sites for hydroxylation is 3. The Labute approximate surface area is 189 Å². The van der Waals surface area contributed by atoms with Crippen molar-refractivity contribution in [1.82, 2.24) is 14.1 Å². The lowest BCUT2D eigenvalue weighted by atomic mass is 10.1. The second-order valence-corrected chi connectivity index (χ2v) is 10.2. The number of nitrogens with zero attached hydrogens (tertiary/aromatic N) is 4. The van der Waals surface area contributed by atoms with Crippen LogP contribution < -0.4 is 4.90 Å². The van der Waals surface area contributed by atoms with Gasteiger partial charge in [0.25, 0.3) is 0 Å². The largest absolute Gasteiger partial charge is 0.307 e. The number of sulfonamides is 1. The molecule has 3 aromatic rings. The van der Waals surface area contributed by atoms with Gasteiger partial charge < -0.3 is 4.90 Å². The summed E-state index contributed by atoms with van der Waals surface area (Å²) in [5, 5.41) is 4.66. The molecule has 1 amide bonds. The van der Waals surface area contributed by atoms with Crippen molar-refractivity contribution in [2.45, 2.75) is 45.2 Å². The minimum absolute atomic E-state index is 0.0915. The van der Waals surface area contributed by atoms with E-state index in [-0.39, 0.29) is 12.5 Å². The Morgan fingerprint density at radius 1 is 1.12 bits per heavy atom. The van der Waals surface area contributed by atoms with Gasteiger partial charge in [-0.05, 0) is 37.6 Å². The second kappa shape index (κ2) is 8.52. The van der Waals surface area contributed by atoms with E-state index in [0.29, 0.717) is 24.4 Å². The van der Waals surface area contributed by atoms with Crippen molar-refractivity contribution in [3.05, 3.63) is 76.6 Å². The molecule has 0 unspecified atom stereocenters. The van der Waals surface area contributed by atoms with Gasteiger partial charge in [0.15, 0.2) is 0 Å². The lowest BCUT2D eigenvalue weighted by Crippen LogP contribution is -2.37. The number of carbonyl (C=O) groups excluding carboxylic acids is 1. The van der Waals surface area contributed by atoms with Crippen molar-refractivity contribution < 1.29 is 13.2 Å². The summed E-state index contributed by atoms with van der Waals surface area (Å²) in [6.45, 7) is 6.24. The molecule has 1 aliphatic rings. The fourth-order valence-electron chi connectivity index (χ4n) is 4.35. The Morgan fingerprint density at radius 2 is 1.84 bits per heavy atom. The number of anilines is 1. The summed E-state index contributed by atoms with van der Waals surface area (Å²) in [5.41, 5.74) is 5.19. The van der Waals surface area contributed by atoms with Crippen molar-refractivity contribution in [1.29, 1.82) is 0 Å². The zero-order chi connectivity index (χ0) is 23.0. The molecule has 0 saturated carbocycles. The molecule has 0 aliphatic carbocycles. The molecule has 1 aromatic heterocycles. The van der Waals surface area contributed by atoms with E-state index in [4.69, 9.17) is 0 Å². The maximum atomic E-state index is 13.4. The lowest BCUT2D eigenvalue weighted by Gasteiger charge is -2.28. The maximum absolute atomic E-state index is 13.4. The number of aromatic nitrogens is 2. The highest BCUT2D eigenvalue weighted by atomic mass is 32.2. The number of fused-ring (bicyclic) bond motifs is 1. The molecule has 0 fully saturated rings. The fraction of sp³-hybridized carbons (Fsp3) is 0.333. The molecule has 0 saturated heterocycles. The Hall–Kier alpha value is -2.97. The summed E-state index contributed by atoms with van der Waals surface area (Å²) in [6, 6.07) is 14.8.